The Bertz CT molecular complexity index is 926. The van der Waals surface area contributed by atoms with Gasteiger partial charge in [0.2, 0.25) is 0 Å². The third kappa shape index (κ3) is 3.44. The van der Waals surface area contributed by atoms with Crippen LogP contribution in [-0.2, 0) is 13.5 Å². The molecule has 0 aliphatic carbocycles. The zero-order valence-corrected chi connectivity index (χ0v) is 15.2. The van der Waals surface area contributed by atoms with E-state index in [0.717, 1.165) is 17.7 Å². The molecule has 0 atom stereocenters. The highest BCUT2D eigenvalue weighted by Crippen LogP contribution is 2.21. The lowest BCUT2D eigenvalue weighted by atomic mass is 10.1. The van der Waals surface area contributed by atoms with Gasteiger partial charge in [-0.25, -0.2) is 4.98 Å². The Kier molecular flexibility index (Phi) is 5.16. The fourth-order valence-electron chi connectivity index (χ4n) is 2.47. The molecular formula is C18H18N2O2S2. The van der Waals surface area contributed by atoms with Crippen molar-refractivity contribution in [3.8, 4) is 0 Å². The van der Waals surface area contributed by atoms with Gasteiger partial charge in [0.1, 0.15) is 4.83 Å². The molecule has 0 saturated heterocycles. The summed E-state index contributed by atoms with van der Waals surface area (Å²) >= 11 is 2.74. The van der Waals surface area contributed by atoms with Crippen molar-refractivity contribution in [1.82, 2.24) is 9.55 Å². The summed E-state index contributed by atoms with van der Waals surface area (Å²) in [4.78, 5) is 29.8. The summed E-state index contributed by atoms with van der Waals surface area (Å²) in [6.07, 6.45) is 2.12. The van der Waals surface area contributed by atoms with Gasteiger partial charge in [-0.1, -0.05) is 49.4 Å². The van der Waals surface area contributed by atoms with Crippen molar-refractivity contribution in [2.24, 2.45) is 7.05 Å². The molecule has 0 spiro atoms. The molecule has 124 valence electrons. The zero-order valence-electron chi connectivity index (χ0n) is 13.6. The van der Waals surface area contributed by atoms with Crippen LogP contribution in [-0.4, -0.2) is 21.1 Å². The second-order valence-corrected chi connectivity index (χ2v) is 7.39. The summed E-state index contributed by atoms with van der Waals surface area (Å²) in [7, 11) is 1.69. The summed E-state index contributed by atoms with van der Waals surface area (Å²) in [5.74, 6) is 0.313. The lowest BCUT2D eigenvalue weighted by Crippen LogP contribution is -2.19. The number of carbonyl (C=O) groups is 1. The fourth-order valence-corrected chi connectivity index (χ4v) is 4.14. The number of hydrogen-bond donors (Lipinski definition) is 0. The van der Waals surface area contributed by atoms with Crippen molar-refractivity contribution in [3.63, 3.8) is 0 Å². The Morgan fingerprint density at radius 2 is 2.00 bits per heavy atom. The summed E-state index contributed by atoms with van der Waals surface area (Å²) in [6, 6.07) is 9.55. The van der Waals surface area contributed by atoms with Crippen LogP contribution in [0.15, 0.2) is 45.7 Å². The van der Waals surface area contributed by atoms with Crippen molar-refractivity contribution in [2.45, 2.75) is 24.9 Å². The molecule has 4 nitrogen and oxygen atoms in total. The molecule has 2 heterocycles. The van der Waals surface area contributed by atoms with Crippen LogP contribution in [0.25, 0.3) is 10.2 Å². The number of aryl methyl sites for hydroxylation is 1. The first-order chi connectivity index (χ1) is 11.6. The first-order valence-electron chi connectivity index (χ1n) is 7.79. The number of thioether (sulfide) groups is 1. The third-order valence-electron chi connectivity index (χ3n) is 3.81. The Morgan fingerprint density at radius 1 is 1.25 bits per heavy atom. The van der Waals surface area contributed by atoms with E-state index in [1.807, 2.05) is 29.6 Å². The summed E-state index contributed by atoms with van der Waals surface area (Å²) in [6.45, 7) is 2.14. The maximum absolute atomic E-state index is 12.4. The van der Waals surface area contributed by atoms with E-state index in [1.165, 1.54) is 33.2 Å². The first kappa shape index (κ1) is 16.9. The minimum absolute atomic E-state index is 0.0450. The van der Waals surface area contributed by atoms with Crippen LogP contribution in [0.5, 0.6) is 0 Å². The number of Topliss-reactive ketones (excluding diaryl/α,β-unsaturated/α-hetero) is 1. The van der Waals surface area contributed by atoms with Crippen molar-refractivity contribution in [1.29, 1.82) is 0 Å². The molecule has 0 N–H and O–H groups in total. The van der Waals surface area contributed by atoms with Gasteiger partial charge in [0.05, 0.1) is 11.1 Å². The van der Waals surface area contributed by atoms with E-state index in [1.54, 1.807) is 13.1 Å². The topological polar surface area (TPSA) is 52.0 Å². The van der Waals surface area contributed by atoms with Gasteiger partial charge in [-0.2, -0.15) is 0 Å². The molecule has 0 fully saturated rings. The minimum Gasteiger partial charge on any atom is -0.293 e. The number of aromatic nitrogens is 2. The molecule has 24 heavy (non-hydrogen) atoms. The highest BCUT2D eigenvalue weighted by Gasteiger charge is 2.12. The fraction of sp³-hybridized carbons (Fsp3) is 0.278. The van der Waals surface area contributed by atoms with Crippen LogP contribution < -0.4 is 5.56 Å². The van der Waals surface area contributed by atoms with E-state index in [2.05, 4.69) is 11.9 Å². The molecule has 0 bridgehead atoms. The lowest BCUT2D eigenvalue weighted by Gasteiger charge is -2.07. The number of ketones is 1. The molecule has 0 aliphatic heterocycles. The van der Waals surface area contributed by atoms with E-state index in [-0.39, 0.29) is 17.1 Å². The van der Waals surface area contributed by atoms with E-state index in [0.29, 0.717) is 16.1 Å². The highest BCUT2D eigenvalue weighted by molar-refractivity contribution is 7.99. The van der Waals surface area contributed by atoms with Gasteiger partial charge in [0.15, 0.2) is 10.9 Å². The van der Waals surface area contributed by atoms with E-state index < -0.39 is 0 Å². The Hall–Kier alpha value is -1.92. The number of benzene rings is 1. The van der Waals surface area contributed by atoms with Crippen LogP contribution in [0.4, 0.5) is 0 Å². The van der Waals surface area contributed by atoms with Gasteiger partial charge >= 0.3 is 0 Å². The molecule has 1 aromatic carbocycles. The molecule has 0 aliphatic rings. The molecule has 3 rings (SSSR count). The van der Waals surface area contributed by atoms with Crippen LogP contribution >= 0.6 is 23.1 Å². The van der Waals surface area contributed by atoms with Gasteiger partial charge < -0.3 is 0 Å². The number of carbonyl (C=O) groups excluding carboxylic acids is 1. The number of hydrogen-bond acceptors (Lipinski definition) is 5. The molecular weight excluding hydrogens is 340 g/mol. The smallest absolute Gasteiger partial charge is 0.262 e. The summed E-state index contributed by atoms with van der Waals surface area (Å²) in [5.41, 5.74) is 1.87. The minimum atomic E-state index is -0.0693. The second kappa shape index (κ2) is 7.32. The highest BCUT2D eigenvalue weighted by atomic mass is 32.2. The third-order valence-corrected chi connectivity index (χ3v) is 5.65. The van der Waals surface area contributed by atoms with Crippen molar-refractivity contribution in [3.05, 3.63) is 57.2 Å². The Balaban J connectivity index is 1.74. The van der Waals surface area contributed by atoms with Crippen LogP contribution in [0.2, 0.25) is 0 Å². The van der Waals surface area contributed by atoms with Crippen LogP contribution in [0, 0.1) is 0 Å². The number of thiophene rings is 1. The normalized spacial score (nSPS) is 11.1. The van der Waals surface area contributed by atoms with E-state index in [4.69, 9.17) is 0 Å². The molecule has 0 saturated carbocycles. The maximum Gasteiger partial charge on any atom is 0.262 e. The second-order valence-electron chi connectivity index (χ2n) is 5.56. The van der Waals surface area contributed by atoms with Gasteiger partial charge in [-0.05, 0) is 23.4 Å². The van der Waals surface area contributed by atoms with E-state index in [9.17, 15) is 9.59 Å². The monoisotopic (exact) mass is 358 g/mol. The average Bonchev–Trinajstić information content (AvgIpc) is 3.06. The number of rotatable bonds is 6. The van der Waals surface area contributed by atoms with Crippen LogP contribution in [0.1, 0.15) is 29.3 Å². The predicted molar refractivity (Wildman–Crippen MR) is 100 cm³/mol. The lowest BCUT2D eigenvalue weighted by molar-refractivity contribution is 0.102. The summed E-state index contributed by atoms with van der Waals surface area (Å²) < 4.78 is 1.51. The number of fused-ring (bicyclic) bond motifs is 1. The average molecular weight is 358 g/mol. The molecule has 2 aromatic heterocycles. The van der Waals surface area contributed by atoms with Gasteiger partial charge in [-0.15, -0.1) is 11.3 Å². The first-order valence-corrected chi connectivity index (χ1v) is 9.66. The predicted octanol–water partition coefficient (Wildman–Crippen LogP) is 3.92. The molecule has 0 unspecified atom stereocenters. The largest absolute Gasteiger partial charge is 0.293 e. The molecule has 0 amide bonds. The maximum atomic E-state index is 12.4. The van der Waals surface area contributed by atoms with Crippen LogP contribution in [0.3, 0.4) is 0 Å². The summed E-state index contributed by atoms with van der Waals surface area (Å²) in [5, 5.41) is 3.06. The Labute approximate surface area is 148 Å². The quantitative estimate of drug-likeness (QED) is 0.381. The van der Waals surface area contributed by atoms with Gasteiger partial charge in [0.25, 0.3) is 5.56 Å². The van der Waals surface area contributed by atoms with Crippen molar-refractivity contribution < 1.29 is 4.79 Å². The molecule has 6 heteroatoms. The van der Waals surface area contributed by atoms with Crippen molar-refractivity contribution in [2.75, 3.05) is 5.75 Å². The van der Waals surface area contributed by atoms with Crippen molar-refractivity contribution >= 4 is 39.1 Å². The SMILES string of the molecule is CCCc1ccc(C(=O)CSc2nc3sccc3c(=O)n2C)cc1. The van der Waals surface area contributed by atoms with Gasteiger partial charge in [0, 0.05) is 12.6 Å². The molecule has 0 radical (unpaired) electrons. The van der Waals surface area contributed by atoms with E-state index >= 15 is 0 Å². The zero-order chi connectivity index (χ0) is 17.1. The van der Waals surface area contributed by atoms with Gasteiger partial charge in [-0.3, -0.25) is 14.2 Å². The molecule has 3 aromatic rings. The standard InChI is InChI=1S/C18H18N2O2S2/c1-3-4-12-5-7-13(8-6-12)15(21)11-24-18-19-16-14(9-10-23-16)17(22)20(18)2/h5-10H,3-4,11H2,1-2H3. The Morgan fingerprint density at radius 3 is 2.71 bits per heavy atom. The number of nitrogens with zero attached hydrogens (tertiary/aromatic N) is 2.